The zero-order chi connectivity index (χ0) is 29.6. The van der Waals surface area contributed by atoms with Crippen LogP contribution in [0.15, 0.2) is 115 Å². The van der Waals surface area contributed by atoms with E-state index in [1.54, 1.807) is 0 Å². The van der Waals surface area contributed by atoms with E-state index in [0.29, 0.717) is 30.3 Å². The summed E-state index contributed by atoms with van der Waals surface area (Å²) < 4.78 is 38.6. The smallest absolute Gasteiger partial charge is 0.339 e. The Morgan fingerprint density at radius 1 is 0.773 bits per heavy atom. The van der Waals surface area contributed by atoms with Gasteiger partial charge in [-0.2, -0.15) is 8.42 Å². The Bertz CT molecular complexity index is 1840. The zero-order valence-corrected chi connectivity index (χ0v) is 24.6. The Kier molecular flexibility index (Phi) is 5.79. The number of hydrogen-bond acceptors (Lipinski definition) is 9. The van der Waals surface area contributed by atoms with E-state index >= 15 is 0 Å². The fraction of sp³-hybridized carbons (Fsp3) is 0.375. The van der Waals surface area contributed by atoms with Crippen LogP contribution in [-0.4, -0.2) is 65.3 Å². The van der Waals surface area contributed by atoms with Gasteiger partial charge in [-0.05, 0) is 31.3 Å². The van der Waals surface area contributed by atoms with E-state index < -0.39 is 22.6 Å². The van der Waals surface area contributed by atoms with Crippen molar-refractivity contribution in [2.24, 2.45) is 43.6 Å². The molecule has 4 N–H and O–H groups in total. The van der Waals surface area contributed by atoms with Crippen molar-refractivity contribution in [3.05, 3.63) is 95.2 Å². The Morgan fingerprint density at radius 3 is 2.36 bits per heavy atom. The predicted octanol–water partition coefficient (Wildman–Crippen LogP) is 2.84. The number of nitrogens with one attached hydrogen (secondary N) is 3. The molecule has 9 rings (SSSR count). The standard InChI is InChI=1S/C32H32N8O3S/c41-44(42,43)40-31-23-15-7-5-13-21(23)29(38-31)36-27-19-11-3-1-9-17(19)25(34-27)33-26-18-10-2-4-12-20(18)28(35-26)37-30-22-14-6-8-16-24(22)32(40)39-30/h1,4-12,14,16-17,20,22,24-25,28,31-32H,2-3,13,15H2,(H,33,35)(H,37,39)(H,34,36,38)(H,41,42,43). The van der Waals surface area contributed by atoms with Gasteiger partial charge < -0.3 is 16.0 Å². The second kappa shape index (κ2) is 9.68. The van der Waals surface area contributed by atoms with E-state index in [4.69, 9.17) is 20.0 Å². The number of rotatable bonds is 1. The van der Waals surface area contributed by atoms with Crippen molar-refractivity contribution in [1.29, 1.82) is 0 Å². The van der Waals surface area contributed by atoms with Crippen molar-refractivity contribution in [3.63, 3.8) is 0 Å². The summed E-state index contributed by atoms with van der Waals surface area (Å²) in [5, 5.41) is 10.5. The third kappa shape index (κ3) is 3.97. The fourth-order valence-corrected chi connectivity index (χ4v) is 8.80. The van der Waals surface area contributed by atoms with Crippen LogP contribution in [0.5, 0.6) is 0 Å². The lowest BCUT2D eigenvalue weighted by Gasteiger charge is -2.34. The summed E-state index contributed by atoms with van der Waals surface area (Å²) in [6.45, 7) is 0. The van der Waals surface area contributed by atoms with Crippen molar-refractivity contribution in [1.82, 2.24) is 20.3 Å². The number of allylic oxidation sites excluding steroid dienone is 8. The lowest BCUT2D eigenvalue weighted by Crippen LogP contribution is -2.53. The van der Waals surface area contributed by atoms with Crippen LogP contribution in [0.1, 0.15) is 25.7 Å². The van der Waals surface area contributed by atoms with E-state index in [1.165, 1.54) is 0 Å². The first kappa shape index (κ1) is 26.3. The van der Waals surface area contributed by atoms with Crippen molar-refractivity contribution >= 4 is 33.6 Å². The second-order valence-electron chi connectivity index (χ2n) is 12.3. The van der Waals surface area contributed by atoms with Crippen molar-refractivity contribution in [3.8, 4) is 0 Å². The van der Waals surface area contributed by atoms with E-state index in [-0.39, 0.29) is 36.0 Å². The molecule has 9 aliphatic rings. The average Bonchev–Trinajstić information content (AvgIpc) is 3.76. The van der Waals surface area contributed by atoms with Gasteiger partial charge in [0, 0.05) is 40.4 Å². The molecule has 0 saturated carbocycles. The molecule has 4 aliphatic carbocycles. The van der Waals surface area contributed by atoms with Crippen molar-refractivity contribution < 1.29 is 13.0 Å². The van der Waals surface area contributed by atoms with Crippen LogP contribution in [-0.2, 0) is 10.3 Å². The lowest BCUT2D eigenvalue weighted by molar-refractivity contribution is 0.207. The third-order valence-electron chi connectivity index (χ3n) is 9.88. The minimum Gasteiger partial charge on any atom is -0.356 e. The van der Waals surface area contributed by atoms with E-state index in [0.717, 1.165) is 45.3 Å². The third-order valence-corrected chi connectivity index (χ3v) is 10.8. The number of aliphatic imine (C=N–C) groups is 4. The lowest BCUT2D eigenvalue weighted by atomic mass is 9.88. The maximum absolute atomic E-state index is 13.3. The Balaban J connectivity index is 1.24. The highest BCUT2D eigenvalue weighted by molar-refractivity contribution is 7.83. The van der Waals surface area contributed by atoms with Crippen LogP contribution < -0.4 is 16.0 Å². The molecule has 0 aromatic carbocycles. The van der Waals surface area contributed by atoms with Crippen LogP contribution in [0.3, 0.4) is 0 Å². The molecule has 8 bridgehead atoms. The van der Waals surface area contributed by atoms with Crippen LogP contribution in [0.2, 0.25) is 0 Å². The van der Waals surface area contributed by atoms with Crippen molar-refractivity contribution in [2.45, 2.75) is 50.3 Å². The summed E-state index contributed by atoms with van der Waals surface area (Å²) in [4.78, 5) is 20.5. The molecule has 12 heteroatoms. The number of hydrogen-bond donors (Lipinski definition) is 4. The number of amidine groups is 4. The van der Waals surface area contributed by atoms with E-state index in [9.17, 15) is 13.0 Å². The molecule has 0 aromatic heterocycles. The average molecular weight is 609 g/mol. The molecule has 0 aromatic rings. The summed E-state index contributed by atoms with van der Waals surface area (Å²) >= 11 is 0. The normalized spacial score (nSPS) is 37.8. The van der Waals surface area contributed by atoms with Gasteiger partial charge in [-0.1, -0.05) is 72.9 Å². The first-order chi connectivity index (χ1) is 21.4. The molecule has 8 atom stereocenters. The highest BCUT2D eigenvalue weighted by Gasteiger charge is 2.51. The first-order valence-electron chi connectivity index (χ1n) is 15.3. The summed E-state index contributed by atoms with van der Waals surface area (Å²) in [6.07, 6.45) is 25.4. The SMILES string of the molecule is O=S(=O)(O)N1C2N=C(NC3=NC(N=C4NC(N=C5NC1C1C=CC=CC51)C1C=CCC=C41)C1C=CCC=C31)C1=C2CC=CC1. The van der Waals surface area contributed by atoms with Gasteiger partial charge >= 0.3 is 10.3 Å². The molecule has 44 heavy (non-hydrogen) atoms. The van der Waals surface area contributed by atoms with Gasteiger partial charge in [-0.3, -0.25) is 4.55 Å². The number of fused-ring (bicyclic) bond motifs is 17. The monoisotopic (exact) mass is 608 g/mol. The maximum Gasteiger partial charge on any atom is 0.339 e. The molecule has 11 nitrogen and oxygen atoms in total. The van der Waals surface area contributed by atoms with Gasteiger partial charge in [-0.15, -0.1) is 4.31 Å². The van der Waals surface area contributed by atoms with Crippen LogP contribution in [0, 0.1) is 23.7 Å². The minimum atomic E-state index is -4.72. The van der Waals surface area contributed by atoms with Crippen LogP contribution in [0.4, 0.5) is 0 Å². The van der Waals surface area contributed by atoms with Crippen LogP contribution in [0.25, 0.3) is 0 Å². The number of nitrogens with zero attached hydrogens (tertiary/aromatic N) is 5. The molecule has 8 unspecified atom stereocenters. The quantitative estimate of drug-likeness (QED) is 0.266. The molecular weight excluding hydrogens is 576 g/mol. The molecule has 2 saturated heterocycles. The van der Waals surface area contributed by atoms with Gasteiger partial charge in [0.2, 0.25) is 0 Å². The predicted molar refractivity (Wildman–Crippen MR) is 169 cm³/mol. The molecule has 5 heterocycles. The van der Waals surface area contributed by atoms with Crippen LogP contribution >= 0.6 is 0 Å². The maximum atomic E-state index is 13.3. The Morgan fingerprint density at radius 2 is 1.52 bits per heavy atom. The van der Waals surface area contributed by atoms with Gasteiger partial charge in [0.15, 0.2) is 6.17 Å². The highest BCUT2D eigenvalue weighted by atomic mass is 32.2. The summed E-state index contributed by atoms with van der Waals surface area (Å²) in [7, 11) is -4.72. The Labute approximate surface area is 255 Å². The zero-order valence-electron chi connectivity index (χ0n) is 23.8. The minimum absolute atomic E-state index is 0.0195. The molecule has 2 fully saturated rings. The van der Waals surface area contributed by atoms with E-state index in [2.05, 4.69) is 58.5 Å². The molecule has 0 radical (unpaired) electrons. The van der Waals surface area contributed by atoms with Crippen molar-refractivity contribution in [2.75, 3.05) is 0 Å². The summed E-state index contributed by atoms with van der Waals surface area (Å²) in [6, 6.07) is 0. The molecule has 224 valence electrons. The van der Waals surface area contributed by atoms with Gasteiger partial charge in [0.25, 0.3) is 0 Å². The topological polar surface area (TPSA) is 143 Å². The molecule has 0 amide bonds. The van der Waals surface area contributed by atoms with Gasteiger partial charge in [-0.25, -0.2) is 20.0 Å². The largest absolute Gasteiger partial charge is 0.356 e. The summed E-state index contributed by atoms with van der Waals surface area (Å²) in [5.74, 6) is 2.20. The second-order valence-corrected chi connectivity index (χ2v) is 13.6. The van der Waals surface area contributed by atoms with E-state index in [1.807, 2.05) is 30.4 Å². The molecule has 5 aliphatic heterocycles. The fourth-order valence-electron chi connectivity index (χ4n) is 7.89. The molecule has 0 spiro atoms. The highest BCUT2D eigenvalue weighted by Crippen LogP contribution is 2.41. The molecular formula is C32H32N8O3S. The van der Waals surface area contributed by atoms with Gasteiger partial charge in [0.1, 0.15) is 41.8 Å². The first-order valence-corrected chi connectivity index (χ1v) is 16.7. The Hall–Kier alpha value is -4.13. The summed E-state index contributed by atoms with van der Waals surface area (Å²) in [5.41, 5.74) is 3.94. The van der Waals surface area contributed by atoms with Gasteiger partial charge in [0.05, 0.1) is 0 Å².